The van der Waals surface area contributed by atoms with Gasteiger partial charge in [-0.25, -0.2) is 0 Å². The molecule has 1 N–H and O–H groups in total. The summed E-state index contributed by atoms with van der Waals surface area (Å²) in [6, 6.07) is 2.22. The van der Waals surface area contributed by atoms with Crippen LogP contribution in [0.25, 0.3) is 0 Å². The van der Waals surface area contributed by atoms with Crippen molar-refractivity contribution in [1.29, 1.82) is 5.26 Å². The van der Waals surface area contributed by atoms with Crippen LogP contribution < -0.4 is 5.32 Å². The summed E-state index contributed by atoms with van der Waals surface area (Å²) >= 11 is 0. The van der Waals surface area contributed by atoms with Crippen LogP contribution in [-0.2, 0) is 9.53 Å². The van der Waals surface area contributed by atoms with Gasteiger partial charge in [-0.3, -0.25) is 9.69 Å². The van der Waals surface area contributed by atoms with Crippen molar-refractivity contribution >= 4 is 5.91 Å². The number of carbonyl (C=O) groups excluding carboxylic acids is 1. The first kappa shape index (κ1) is 14.3. The Morgan fingerprint density at radius 3 is 2.89 bits per heavy atom. The zero-order chi connectivity index (χ0) is 13.7. The molecule has 0 aromatic carbocycles. The number of rotatable bonds is 4. The second-order valence-corrected chi connectivity index (χ2v) is 5.50. The molecule has 1 aliphatic heterocycles. The van der Waals surface area contributed by atoms with E-state index in [4.69, 9.17) is 4.74 Å². The quantitative estimate of drug-likeness (QED) is 0.820. The average Bonchev–Trinajstić information content (AvgIpc) is 2.95. The van der Waals surface area contributed by atoms with Crippen molar-refractivity contribution in [3.63, 3.8) is 0 Å². The van der Waals surface area contributed by atoms with Gasteiger partial charge in [-0.15, -0.1) is 0 Å². The molecule has 1 atom stereocenters. The number of amides is 1. The van der Waals surface area contributed by atoms with Gasteiger partial charge >= 0.3 is 0 Å². The highest BCUT2D eigenvalue weighted by atomic mass is 16.5. The van der Waals surface area contributed by atoms with Gasteiger partial charge in [-0.05, 0) is 19.4 Å². The van der Waals surface area contributed by atoms with Gasteiger partial charge in [0.1, 0.15) is 5.41 Å². The molecule has 106 valence electrons. The lowest BCUT2D eigenvalue weighted by atomic mass is 9.87. The van der Waals surface area contributed by atoms with E-state index >= 15 is 0 Å². The van der Waals surface area contributed by atoms with Crippen LogP contribution in [-0.4, -0.2) is 49.7 Å². The Morgan fingerprint density at radius 2 is 2.26 bits per heavy atom. The minimum Gasteiger partial charge on any atom is -0.374 e. The van der Waals surface area contributed by atoms with Crippen LogP contribution in [0.5, 0.6) is 0 Å². The van der Waals surface area contributed by atoms with E-state index in [1.807, 2.05) is 0 Å². The Hall–Kier alpha value is -1.12. The molecule has 1 saturated heterocycles. The number of carbonyl (C=O) groups is 1. The molecule has 0 radical (unpaired) electrons. The molecule has 1 saturated carbocycles. The first-order valence-electron chi connectivity index (χ1n) is 7.24. The first-order chi connectivity index (χ1) is 9.20. The van der Waals surface area contributed by atoms with E-state index in [2.05, 4.69) is 23.2 Å². The van der Waals surface area contributed by atoms with E-state index < -0.39 is 5.41 Å². The lowest BCUT2D eigenvalue weighted by Crippen LogP contribution is -2.49. The van der Waals surface area contributed by atoms with Crippen LogP contribution in [0, 0.1) is 16.7 Å². The second-order valence-electron chi connectivity index (χ2n) is 5.50. The van der Waals surface area contributed by atoms with Crippen molar-refractivity contribution in [2.45, 2.75) is 38.7 Å². The monoisotopic (exact) mass is 265 g/mol. The molecule has 0 spiro atoms. The highest BCUT2D eigenvalue weighted by Gasteiger charge is 2.41. The Kier molecular flexibility index (Phi) is 4.78. The number of nitriles is 1. The Balaban J connectivity index is 1.81. The summed E-state index contributed by atoms with van der Waals surface area (Å²) in [7, 11) is 0. The normalized spacial score (nSPS) is 26.8. The lowest BCUT2D eigenvalue weighted by Gasteiger charge is -2.32. The van der Waals surface area contributed by atoms with E-state index in [0.29, 0.717) is 19.4 Å². The Bertz CT molecular complexity index is 358. The molecule has 0 aromatic rings. The highest BCUT2D eigenvalue weighted by Crippen LogP contribution is 2.37. The van der Waals surface area contributed by atoms with Gasteiger partial charge in [0.15, 0.2) is 0 Å². The molecule has 2 fully saturated rings. The molecule has 0 bridgehead atoms. The molecule has 19 heavy (non-hydrogen) atoms. The van der Waals surface area contributed by atoms with E-state index in [-0.39, 0.29) is 12.0 Å². The molecule has 5 nitrogen and oxygen atoms in total. The predicted octanol–water partition coefficient (Wildman–Crippen LogP) is 0.907. The number of likely N-dealkylation sites (N-methyl/N-ethyl adjacent to an activating group) is 1. The Labute approximate surface area is 114 Å². The third-order valence-electron chi connectivity index (χ3n) is 4.27. The van der Waals surface area contributed by atoms with Crippen molar-refractivity contribution in [2.75, 3.05) is 32.8 Å². The van der Waals surface area contributed by atoms with Crippen LogP contribution in [0.3, 0.4) is 0 Å². The topological polar surface area (TPSA) is 65.4 Å². The molecule has 1 heterocycles. The summed E-state index contributed by atoms with van der Waals surface area (Å²) in [6.45, 7) is 6.19. The van der Waals surface area contributed by atoms with Gasteiger partial charge in [0, 0.05) is 19.6 Å². The Morgan fingerprint density at radius 1 is 1.53 bits per heavy atom. The molecule has 1 amide bonds. The average molecular weight is 265 g/mol. The fourth-order valence-electron chi connectivity index (χ4n) is 2.94. The molecule has 1 unspecified atom stereocenters. The smallest absolute Gasteiger partial charge is 0.240 e. The molecule has 2 aliphatic rings. The van der Waals surface area contributed by atoms with E-state index in [1.165, 1.54) is 0 Å². The summed E-state index contributed by atoms with van der Waals surface area (Å²) in [5.41, 5.74) is -0.779. The lowest BCUT2D eigenvalue weighted by molar-refractivity contribution is -0.129. The maximum absolute atomic E-state index is 12.2. The van der Waals surface area contributed by atoms with Crippen LogP contribution in [0.1, 0.15) is 32.6 Å². The summed E-state index contributed by atoms with van der Waals surface area (Å²) < 4.78 is 5.65. The van der Waals surface area contributed by atoms with Crippen molar-refractivity contribution in [2.24, 2.45) is 5.41 Å². The molecule has 5 heteroatoms. The van der Waals surface area contributed by atoms with E-state index in [9.17, 15) is 10.1 Å². The summed E-state index contributed by atoms with van der Waals surface area (Å²) in [5.74, 6) is -0.107. The molecule has 2 rings (SSSR count). The number of hydrogen-bond acceptors (Lipinski definition) is 4. The van der Waals surface area contributed by atoms with Crippen LogP contribution in [0.15, 0.2) is 0 Å². The molecule has 0 aromatic heterocycles. The largest absolute Gasteiger partial charge is 0.374 e. The van der Waals surface area contributed by atoms with Crippen molar-refractivity contribution in [1.82, 2.24) is 10.2 Å². The van der Waals surface area contributed by atoms with Crippen molar-refractivity contribution < 1.29 is 9.53 Å². The van der Waals surface area contributed by atoms with Crippen LogP contribution in [0.2, 0.25) is 0 Å². The second kappa shape index (κ2) is 6.36. The maximum atomic E-state index is 12.2. The third kappa shape index (κ3) is 3.26. The number of hydrogen-bond donors (Lipinski definition) is 1. The SMILES string of the molecule is CCN1CCOC(CNC(=O)C2(C#N)CCCC2)C1. The summed E-state index contributed by atoms with van der Waals surface area (Å²) in [5, 5.41) is 12.2. The fraction of sp³-hybridized carbons (Fsp3) is 0.857. The third-order valence-corrected chi connectivity index (χ3v) is 4.27. The number of morpholine rings is 1. The van der Waals surface area contributed by atoms with Gasteiger partial charge in [-0.2, -0.15) is 5.26 Å². The summed E-state index contributed by atoms with van der Waals surface area (Å²) in [4.78, 5) is 14.5. The van der Waals surface area contributed by atoms with Crippen LogP contribution in [0.4, 0.5) is 0 Å². The molecular formula is C14H23N3O2. The minimum atomic E-state index is -0.779. The molecular weight excluding hydrogens is 242 g/mol. The first-order valence-corrected chi connectivity index (χ1v) is 7.24. The molecule has 1 aliphatic carbocycles. The zero-order valence-electron chi connectivity index (χ0n) is 11.7. The highest BCUT2D eigenvalue weighted by molar-refractivity contribution is 5.85. The predicted molar refractivity (Wildman–Crippen MR) is 71.4 cm³/mol. The summed E-state index contributed by atoms with van der Waals surface area (Å²) in [6.07, 6.45) is 3.40. The van der Waals surface area contributed by atoms with Gasteiger partial charge < -0.3 is 10.1 Å². The minimum absolute atomic E-state index is 0.0507. The van der Waals surface area contributed by atoms with Crippen molar-refractivity contribution in [3.05, 3.63) is 0 Å². The zero-order valence-corrected chi connectivity index (χ0v) is 11.7. The van der Waals surface area contributed by atoms with Gasteiger partial charge in [0.2, 0.25) is 5.91 Å². The number of nitrogens with one attached hydrogen (secondary N) is 1. The van der Waals surface area contributed by atoms with Crippen molar-refractivity contribution in [3.8, 4) is 6.07 Å². The standard InChI is InChI=1S/C14H23N3O2/c1-2-17-7-8-19-12(10-17)9-16-13(18)14(11-15)5-3-4-6-14/h12H,2-10H2,1H3,(H,16,18). The van der Waals surface area contributed by atoms with Gasteiger partial charge in [0.25, 0.3) is 0 Å². The number of nitrogens with zero attached hydrogens (tertiary/aromatic N) is 2. The fourth-order valence-corrected chi connectivity index (χ4v) is 2.94. The van der Waals surface area contributed by atoms with E-state index in [1.54, 1.807) is 0 Å². The van der Waals surface area contributed by atoms with Crippen LogP contribution >= 0.6 is 0 Å². The van der Waals surface area contributed by atoms with Gasteiger partial charge in [-0.1, -0.05) is 19.8 Å². The maximum Gasteiger partial charge on any atom is 0.240 e. The number of ether oxygens (including phenoxy) is 1. The van der Waals surface area contributed by atoms with Gasteiger partial charge in [0.05, 0.1) is 18.8 Å². The van der Waals surface area contributed by atoms with E-state index in [0.717, 1.165) is 39.1 Å².